The van der Waals surface area contributed by atoms with Crippen LogP contribution < -0.4 is 33.4 Å². The van der Waals surface area contributed by atoms with Crippen LogP contribution in [0, 0.1) is 0 Å². The van der Waals surface area contributed by atoms with E-state index in [1.54, 1.807) is 31.4 Å². The fourth-order valence-corrected chi connectivity index (χ4v) is 0.814. The number of carboxylic acid groups (broad SMARTS) is 1. The minimum Gasteiger partial charge on any atom is -0.546 e. The Morgan fingerprint density at radius 3 is 2.21 bits per heavy atom. The quantitative estimate of drug-likeness (QED) is 0.468. The molecule has 0 bridgehead atoms. The molecule has 0 saturated carbocycles. The number of hydrogen-bond donors (Lipinski definition) is 0. The van der Waals surface area contributed by atoms with Crippen molar-refractivity contribution in [3.8, 4) is 11.5 Å². The van der Waals surface area contributed by atoms with E-state index in [-0.39, 0.29) is 18.9 Å². The van der Waals surface area contributed by atoms with Crippen LogP contribution in [0.5, 0.6) is 11.5 Å². The van der Waals surface area contributed by atoms with Crippen LogP contribution >= 0.6 is 0 Å². The van der Waals surface area contributed by atoms with Gasteiger partial charge in [-0.3, -0.25) is 0 Å². The van der Waals surface area contributed by atoms with Crippen molar-refractivity contribution in [1.82, 2.24) is 0 Å². The zero-order valence-corrected chi connectivity index (χ0v) is 8.15. The molecule has 0 spiro atoms. The van der Waals surface area contributed by atoms with Crippen LogP contribution in [-0.4, -0.2) is 19.7 Å². The van der Waals surface area contributed by atoms with Gasteiger partial charge in [-0.15, -0.1) is 0 Å². The summed E-state index contributed by atoms with van der Waals surface area (Å²) in [7, 11) is 1.55. The third-order valence-electron chi connectivity index (χ3n) is 1.42. The number of carbonyl (C=O) groups is 1. The summed E-state index contributed by atoms with van der Waals surface area (Å²) < 4.78 is 9.76. The van der Waals surface area contributed by atoms with Gasteiger partial charge in [0.15, 0.2) is 0 Å². The predicted molar refractivity (Wildman–Crippen MR) is 43.5 cm³/mol. The summed E-state index contributed by atoms with van der Waals surface area (Å²) in [4.78, 5) is 10.0. The summed E-state index contributed by atoms with van der Waals surface area (Å²) >= 11 is 0. The number of methoxy groups -OCH3 is 1. The minimum absolute atomic E-state index is 0. The molecule has 5 heteroatoms. The normalized spacial score (nSPS) is 8.64. The number of carboxylic acids is 1. The maximum Gasteiger partial charge on any atom is 1.00 e. The molecule has 0 saturated heterocycles. The SMILES string of the molecule is COc1ccc(OCC(=O)[O-])cc1.[Li+]. The number of ether oxygens (including phenoxy) is 2. The first-order valence-electron chi connectivity index (χ1n) is 3.69. The van der Waals surface area contributed by atoms with Crippen LogP contribution in [0.25, 0.3) is 0 Å². The maximum atomic E-state index is 10.0. The van der Waals surface area contributed by atoms with E-state index in [0.29, 0.717) is 11.5 Å². The fourth-order valence-electron chi connectivity index (χ4n) is 0.814. The topological polar surface area (TPSA) is 58.6 Å². The zero-order chi connectivity index (χ0) is 9.68. The molecular formula is C9H9LiO4. The second-order valence-electron chi connectivity index (χ2n) is 2.34. The Hall–Kier alpha value is -1.11. The van der Waals surface area contributed by atoms with E-state index < -0.39 is 12.6 Å². The molecule has 1 aromatic carbocycles. The van der Waals surface area contributed by atoms with Gasteiger partial charge in [-0.2, -0.15) is 0 Å². The summed E-state index contributed by atoms with van der Waals surface area (Å²) in [5.74, 6) is -0.0679. The summed E-state index contributed by atoms with van der Waals surface area (Å²) in [5.41, 5.74) is 0. The molecule has 0 heterocycles. The summed E-state index contributed by atoms with van der Waals surface area (Å²) in [5, 5.41) is 10.0. The molecule has 0 fully saturated rings. The Balaban J connectivity index is 0.00000169. The first-order chi connectivity index (χ1) is 6.22. The average Bonchev–Trinajstić information content (AvgIpc) is 2.15. The van der Waals surface area contributed by atoms with E-state index in [1.165, 1.54) is 0 Å². The largest absolute Gasteiger partial charge is 1.00 e. The van der Waals surface area contributed by atoms with Gasteiger partial charge in [-0.1, -0.05) is 0 Å². The number of carbonyl (C=O) groups excluding carboxylic acids is 1. The van der Waals surface area contributed by atoms with Crippen LogP contribution in [0.4, 0.5) is 0 Å². The Morgan fingerprint density at radius 1 is 1.29 bits per heavy atom. The van der Waals surface area contributed by atoms with Crippen LogP contribution in [-0.2, 0) is 4.79 Å². The van der Waals surface area contributed by atoms with Gasteiger partial charge in [0.25, 0.3) is 0 Å². The summed E-state index contributed by atoms with van der Waals surface area (Å²) in [6, 6.07) is 6.62. The van der Waals surface area contributed by atoms with E-state index in [0.717, 1.165) is 0 Å². The molecule has 1 aromatic rings. The minimum atomic E-state index is -1.24. The molecule has 0 aliphatic carbocycles. The van der Waals surface area contributed by atoms with Gasteiger partial charge in [0.2, 0.25) is 0 Å². The fraction of sp³-hybridized carbons (Fsp3) is 0.222. The van der Waals surface area contributed by atoms with Gasteiger partial charge >= 0.3 is 18.9 Å². The van der Waals surface area contributed by atoms with E-state index in [2.05, 4.69) is 0 Å². The van der Waals surface area contributed by atoms with Crippen molar-refractivity contribution in [3.63, 3.8) is 0 Å². The molecule has 0 atom stereocenters. The molecular weight excluding hydrogens is 179 g/mol. The van der Waals surface area contributed by atoms with Gasteiger partial charge < -0.3 is 19.4 Å². The van der Waals surface area contributed by atoms with Crippen LogP contribution in [0.2, 0.25) is 0 Å². The maximum absolute atomic E-state index is 10.0. The molecule has 0 N–H and O–H groups in total. The summed E-state index contributed by atoms with van der Waals surface area (Å²) in [6.07, 6.45) is 0. The zero-order valence-electron chi connectivity index (χ0n) is 8.15. The first-order valence-corrected chi connectivity index (χ1v) is 3.69. The number of rotatable bonds is 4. The van der Waals surface area contributed by atoms with Gasteiger partial charge in [0, 0.05) is 0 Å². The van der Waals surface area contributed by atoms with Crippen LogP contribution in [0.1, 0.15) is 0 Å². The van der Waals surface area contributed by atoms with Crippen molar-refractivity contribution in [2.45, 2.75) is 0 Å². The van der Waals surface area contributed by atoms with Gasteiger partial charge in [0.1, 0.15) is 18.1 Å². The molecule has 0 aromatic heterocycles. The average molecular weight is 188 g/mol. The van der Waals surface area contributed by atoms with Gasteiger partial charge in [-0.25, -0.2) is 0 Å². The first kappa shape index (κ1) is 12.9. The molecule has 0 amide bonds. The third-order valence-corrected chi connectivity index (χ3v) is 1.42. The Morgan fingerprint density at radius 2 is 1.79 bits per heavy atom. The second-order valence-corrected chi connectivity index (χ2v) is 2.34. The molecule has 0 radical (unpaired) electrons. The predicted octanol–water partition coefficient (Wildman–Crippen LogP) is -3.17. The molecule has 0 unspecified atom stereocenters. The van der Waals surface area contributed by atoms with Gasteiger partial charge in [-0.05, 0) is 24.3 Å². The monoisotopic (exact) mass is 188 g/mol. The Labute approximate surface area is 94.0 Å². The van der Waals surface area contributed by atoms with Crippen molar-refractivity contribution < 1.29 is 38.2 Å². The van der Waals surface area contributed by atoms with Crippen molar-refractivity contribution >= 4 is 5.97 Å². The van der Waals surface area contributed by atoms with Crippen molar-refractivity contribution in [2.75, 3.05) is 13.7 Å². The molecule has 14 heavy (non-hydrogen) atoms. The molecule has 70 valence electrons. The number of aliphatic carboxylic acids is 1. The van der Waals surface area contributed by atoms with E-state index in [9.17, 15) is 9.90 Å². The molecule has 0 aliphatic rings. The van der Waals surface area contributed by atoms with Crippen molar-refractivity contribution in [2.24, 2.45) is 0 Å². The van der Waals surface area contributed by atoms with Crippen LogP contribution in [0.3, 0.4) is 0 Å². The number of benzene rings is 1. The third kappa shape index (κ3) is 4.22. The standard InChI is InChI=1S/C9H10O4.Li/c1-12-7-2-4-8(5-3-7)13-6-9(10)11;/h2-5H,6H2,1H3,(H,10,11);/q;+1/p-1. The Bertz CT molecular complexity index is 283. The Kier molecular flexibility index (Phi) is 5.85. The van der Waals surface area contributed by atoms with Crippen molar-refractivity contribution in [3.05, 3.63) is 24.3 Å². The smallest absolute Gasteiger partial charge is 0.546 e. The van der Waals surface area contributed by atoms with Gasteiger partial charge in [0.05, 0.1) is 13.1 Å². The molecule has 4 nitrogen and oxygen atoms in total. The van der Waals surface area contributed by atoms with Crippen LogP contribution in [0.15, 0.2) is 24.3 Å². The van der Waals surface area contributed by atoms with E-state index in [4.69, 9.17) is 9.47 Å². The molecule has 1 rings (SSSR count). The number of hydrogen-bond acceptors (Lipinski definition) is 4. The summed E-state index contributed by atoms with van der Waals surface area (Å²) in [6.45, 7) is -0.438. The van der Waals surface area contributed by atoms with Crippen molar-refractivity contribution in [1.29, 1.82) is 0 Å². The second kappa shape index (κ2) is 6.36. The van der Waals surface area contributed by atoms with E-state index >= 15 is 0 Å². The van der Waals surface area contributed by atoms with E-state index in [1.807, 2.05) is 0 Å². The molecule has 0 aliphatic heterocycles.